The number of rotatable bonds is 9. The summed E-state index contributed by atoms with van der Waals surface area (Å²) < 4.78 is 5.67. The quantitative estimate of drug-likeness (QED) is 0.623. The van der Waals surface area contributed by atoms with Crippen LogP contribution in [0.3, 0.4) is 0 Å². The van der Waals surface area contributed by atoms with Crippen LogP contribution in [-0.4, -0.2) is 35.9 Å². The summed E-state index contributed by atoms with van der Waals surface area (Å²) in [6.07, 6.45) is 0.449. The Balaban J connectivity index is 2.27. The molecule has 2 aromatic rings. The van der Waals surface area contributed by atoms with Crippen molar-refractivity contribution in [2.75, 3.05) is 13.2 Å². The number of ether oxygens (including phenoxy) is 1. The highest BCUT2D eigenvalue weighted by atomic mass is 35.5. The minimum atomic E-state index is -0.657. The van der Waals surface area contributed by atoms with Crippen LogP contribution in [0.2, 0.25) is 10.0 Å². The van der Waals surface area contributed by atoms with Crippen LogP contribution in [0.15, 0.2) is 42.5 Å². The summed E-state index contributed by atoms with van der Waals surface area (Å²) in [6.45, 7) is 6.04. The van der Waals surface area contributed by atoms with E-state index in [1.165, 1.54) is 4.90 Å². The third-order valence-corrected chi connectivity index (χ3v) is 5.19. The average molecular weight is 437 g/mol. The summed E-state index contributed by atoms with van der Waals surface area (Å²) in [5, 5.41) is 3.68. The second-order valence-corrected chi connectivity index (χ2v) is 7.46. The predicted octanol–water partition coefficient (Wildman–Crippen LogP) is 4.62. The fraction of sp³-hybridized carbons (Fsp3) is 0.364. The molecule has 0 fully saturated rings. The molecule has 2 amide bonds. The zero-order valence-corrected chi connectivity index (χ0v) is 18.4. The third-order valence-electron chi connectivity index (χ3n) is 4.48. The lowest BCUT2D eigenvalue weighted by atomic mass is 10.1. The number of likely N-dealkylation sites (N-methyl/N-ethyl adjacent to an activating group) is 1. The first-order valence-electron chi connectivity index (χ1n) is 9.56. The molecule has 7 heteroatoms. The molecule has 0 aromatic heterocycles. The number of amides is 2. The van der Waals surface area contributed by atoms with Crippen molar-refractivity contribution in [1.82, 2.24) is 10.2 Å². The van der Waals surface area contributed by atoms with Crippen molar-refractivity contribution in [2.45, 2.75) is 39.8 Å². The van der Waals surface area contributed by atoms with E-state index in [9.17, 15) is 9.59 Å². The molecule has 0 aliphatic carbocycles. The van der Waals surface area contributed by atoms with E-state index in [0.717, 1.165) is 5.56 Å². The number of carbonyl (C=O) groups excluding carboxylic acids is 2. The maximum atomic E-state index is 13.1. The minimum absolute atomic E-state index is 0.115. The number of halogens is 2. The maximum absolute atomic E-state index is 13.1. The average Bonchev–Trinajstić information content (AvgIpc) is 2.68. The van der Waals surface area contributed by atoms with Crippen molar-refractivity contribution >= 4 is 35.0 Å². The van der Waals surface area contributed by atoms with Crippen molar-refractivity contribution < 1.29 is 14.3 Å². The van der Waals surface area contributed by atoms with E-state index in [4.69, 9.17) is 27.9 Å². The Kier molecular flexibility index (Phi) is 8.80. The molecule has 2 rings (SSSR count). The van der Waals surface area contributed by atoms with Gasteiger partial charge in [-0.25, -0.2) is 0 Å². The second-order valence-electron chi connectivity index (χ2n) is 6.65. The van der Waals surface area contributed by atoms with Gasteiger partial charge in [0, 0.05) is 28.7 Å². The Bertz CT molecular complexity index is 837. The van der Waals surface area contributed by atoms with Crippen molar-refractivity contribution in [3.63, 3.8) is 0 Å². The molecule has 0 saturated heterocycles. The van der Waals surface area contributed by atoms with Gasteiger partial charge in [-0.1, -0.05) is 48.3 Å². The predicted molar refractivity (Wildman–Crippen MR) is 116 cm³/mol. The highest BCUT2D eigenvalue weighted by Gasteiger charge is 2.29. The normalized spacial score (nSPS) is 11.6. The zero-order chi connectivity index (χ0) is 21.4. The molecule has 0 spiro atoms. The SMILES string of the molecule is CCNC(=O)[C@@H](CC)N(Cc1c(Cl)cccc1Cl)C(=O)COc1cccc(C)c1. The van der Waals surface area contributed by atoms with Crippen LogP contribution in [0.4, 0.5) is 0 Å². The molecule has 0 unspecified atom stereocenters. The third kappa shape index (κ3) is 6.38. The number of benzene rings is 2. The largest absolute Gasteiger partial charge is 0.484 e. The first kappa shape index (κ1) is 23.0. The van der Waals surface area contributed by atoms with Gasteiger partial charge in [0.1, 0.15) is 11.8 Å². The van der Waals surface area contributed by atoms with Crippen LogP contribution in [-0.2, 0) is 16.1 Å². The Morgan fingerprint density at radius 2 is 1.76 bits per heavy atom. The molecule has 29 heavy (non-hydrogen) atoms. The molecular weight excluding hydrogens is 411 g/mol. The van der Waals surface area contributed by atoms with E-state index in [2.05, 4.69) is 5.32 Å². The van der Waals surface area contributed by atoms with Crippen LogP contribution < -0.4 is 10.1 Å². The zero-order valence-electron chi connectivity index (χ0n) is 16.9. The Morgan fingerprint density at radius 1 is 1.10 bits per heavy atom. The summed E-state index contributed by atoms with van der Waals surface area (Å²) in [7, 11) is 0. The van der Waals surface area contributed by atoms with Gasteiger partial charge in [-0.3, -0.25) is 9.59 Å². The molecule has 0 heterocycles. The lowest BCUT2D eigenvalue weighted by molar-refractivity contribution is -0.142. The summed E-state index contributed by atoms with van der Waals surface area (Å²) in [4.78, 5) is 27.1. The van der Waals surface area contributed by atoms with Crippen LogP contribution >= 0.6 is 23.2 Å². The lowest BCUT2D eigenvalue weighted by Gasteiger charge is -2.31. The van der Waals surface area contributed by atoms with Gasteiger partial charge in [0.15, 0.2) is 6.61 Å². The van der Waals surface area contributed by atoms with E-state index in [-0.39, 0.29) is 25.0 Å². The molecule has 2 aromatic carbocycles. The number of carbonyl (C=O) groups is 2. The van der Waals surface area contributed by atoms with Crippen molar-refractivity contribution in [2.24, 2.45) is 0 Å². The first-order valence-corrected chi connectivity index (χ1v) is 10.3. The molecule has 156 valence electrons. The molecule has 0 radical (unpaired) electrons. The smallest absolute Gasteiger partial charge is 0.261 e. The second kappa shape index (κ2) is 11.1. The lowest BCUT2D eigenvalue weighted by Crippen LogP contribution is -2.50. The van der Waals surface area contributed by atoms with Crippen molar-refractivity contribution in [1.29, 1.82) is 0 Å². The van der Waals surface area contributed by atoms with Gasteiger partial charge in [-0.15, -0.1) is 0 Å². The molecule has 0 saturated carbocycles. The molecule has 5 nitrogen and oxygen atoms in total. The summed E-state index contributed by atoms with van der Waals surface area (Å²) in [5.74, 6) is 0.0582. The number of hydrogen-bond acceptors (Lipinski definition) is 3. The van der Waals surface area contributed by atoms with Crippen LogP contribution in [0, 0.1) is 6.92 Å². The van der Waals surface area contributed by atoms with Crippen molar-refractivity contribution in [3.8, 4) is 5.75 Å². The van der Waals surface area contributed by atoms with E-state index in [1.807, 2.05) is 39.0 Å². The van der Waals surface area contributed by atoms with Gasteiger partial charge >= 0.3 is 0 Å². The summed E-state index contributed by atoms with van der Waals surface area (Å²) >= 11 is 12.6. The van der Waals surface area contributed by atoms with Gasteiger partial charge in [0.05, 0.1) is 0 Å². The van der Waals surface area contributed by atoms with Crippen LogP contribution in [0.25, 0.3) is 0 Å². The van der Waals surface area contributed by atoms with Gasteiger partial charge in [-0.2, -0.15) is 0 Å². The number of nitrogens with zero attached hydrogens (tertiary/aromatic N) is 1. The summed E-state index contributed by atoms with van der Waals surface area (Å²) in [6, 6.07) is 11.9. The fourth-order valence-electron chi connectivity index (χ4n) is 3.00. The Labute approximate surface area is 181 Å². The van der Waals surface area contributed by atoms with Gasteiger partial charge in [-0.05, 0) is 50.1 Å². The van der Waals surface area contributed by atoms with Crippen LogP contribution in [0.1, 0.15) is 31.4 Å². The molecule has 1 N–H and O–H groups in total. The Hall–Kier alpha value is -2.24. The van der Waals surface area contributed by atoms with Gasteiger partial charge in [0.25, 0.3) is 5.91 Å². The number of nitrogens with one attached hydrogen (secondary N) is 1. The molecular formula is C22H26Cl2N2O3. The Morgan fingerprint density at radius 3 is 2.34 bits per heavy atom. The van der Waals surface area contributed by atoms with E-state index in [0.29, 0.717) is 34.3 Å². The monoisotopic (exact) mass is 436 g/mol. The molecule has 0 aliphatic rings. The van der Waals surface area contributed by atoms with Crippen molar-refractivity contribution in [3.05, 3.63) is 63.6 Å². The molecule has 1 atom stereocenters. The summed E-state index contributed by atoms with van der Waals surface area (Å²) in [5.41, 5.74) is 1.63. The van der Waals surface area contributed by atoms with E-state index in [1.54, 1.807) is 24.3 Å². The maximum Gasteiger partial charge on any atom is 0.261 e. The van der Waals surface area contributed by atoms with Gasteiger partial charge < -0.3 is 15.0 Å². The van der Waals surface area contributed by atoms with Crippen LogP contribution in [0.5, 0.6) is 5.75 Å². The number of hydrogen-bond donors (Lipinski definition) is 1. The van der Waals surface area contributed by atoms with Gasteiger partial charge in [0.2, 0.25) is 5.91 Å². The fourth-order valence-corrected chi connectivity index (χ4v) is 3.52. The number of aryl methyl sites for hydroxylation is 1. The van der Waals surface area contributed by atoms with E-state index >= 15 is 0 Å². The van der Waals surface area contributed by atoms with E-state index < -0.39 is 6.04 Å². The molecule has 0 aliphatic heterocycles. The molecule has 0 bridgehead atoms. The highest BCUT2D eigenvalue weighted by molar-refractivity contribution is 6.36. The standard InChI is InChI=1S/C22H26Cl2N2O3/c1-4-20(22(28)25-5-2)26(13-17-18(23)10-7-11-19(17)24)21(27)14-29-16-9-6-8-15(3)12-16/h6-12,20H,4-5,13-14H2,1-3H3,(H,25,28)/t20-/m1/s1. The minimum Gasteiger partial charge on any atom is -0.484 e. The highest BCUT2D eigenvalue weighted by Crippen LogP contribution is 2.27. The topological polar surface area (TPSA) is 58.6 Å². The first-order chi connectivity index (χ1) is 13.9.